The Labute approximate surface area is 125 Å². The van der Waals surface area contributed by atoms with Gasteiger partial charge in [0, 0.05) is 5.39 Å². The molecule has 2 rings (SSSR count). The van der Waals surface area contributed by atoms with Gasteiger partial charge in [-0.25, -0.2) is 9.97 Å². The Balaban J connectivity index is 2.04. The molecule has 21 heavy (non-hydrogen) atoms. The van der Waals surface area contributed by atoms with Crippen LogP contribution in [-0.2, 0) is 6.42 Å². The third-order valence-corrected chi connectivity index (χ3v) is 3.71. The van der Waals surface area contributed by atoms with Crippen LogP contribution in [0, 0.1) is 0 Å². The monoisotopic (exact) mass is 288 g/mol. The molecule has 2 heterocycles. The largest absolute Gasteiger partial charge is 0.384 e. The number of rotatable bonds is 7. The molecule has 0 aromatic carbocycles. The summed E-state index contributed by atoms with van der Waals surface area (Å²) in [6.07, 6.45) is 3.11. The van der Waals surface area contributed by atoms with E-state index in [1.807, 2.05) is 6.07 Å². The Morgan fingerprint density at radius 2 is 1.76 bits per heavy atom. The van der Waals surface area contributed by atoms with Crippen LogP contribution in [0.3, 0.4) is 0 Å². The molecule has 0 aliphatic heterocycles. The summed E-state index contributed by atoms with van der Waals surface area (Å²) in [7, 11) is 0. The van der Waals surface area contributed by atoms with E-state index in [0.29, 0.717) is 11.5 Å². The quantitative estimate of drug-likeness (QED) is 0.755. The first-order chi connectivity index (χ1) is 10.1. The molecule has 2 aromatic rings. The highest BCUT2D eigenvalue weighted by molar-refractivity contribution is 5.79. The van der Waals surface area contributed by atoms with Crippen molar-refractivity contribution in [1.29, 1.82) is 0 Å². The fourth-order valence-electron chi connectivity index (χ4n) is 2.46. The lowest BCUT2D eigenvalue weighted by molar-refractivity contribution is 0.297. The van der Waals surface area contributed by atoms with Crippen LogP contribution in [0.25, 0.3) is 11.0 Å². The molecular formula is C15H24N6. The number of nitrogens with zero attached hydrogens (tertiary/aromatic N) is 4. The average molecular weight is 288 g/mol. The van der Waals surface area contributed by atoms with Gasteiger partial charge in [-0.05, 0) is 51.0 Å². The number of aromatic nitrogens is 3. The van der Waals surface area contributed by atoms with Gasteiger partial charge in [-0.3, -0.25) is 0 Å². The number of fused-ring (bicyclic) bond motifs is 1. The highest BCUT2D eigenvalue weighted by Gasteiger charge is 2.08. The highest BCUT2D eigenvalue weighted by Crippen LogP contribution is 2.18. The fourth-order valence-corrected chi connectivity index (χ4v) is 2.46. The van der Waals surface area contributed by atoms with E-state index in [-0.39, 0.29) is 5.95 Å². The molecule has 0 unspecified atom stereocenters. The summed E-state index contributed by atoms with van der Waals surface area (Å²) in [5, 5.41) is 0.946. The van der Waals surface area contributed by atoms with Crippen LogP contribution in [0.5, 0.6) is 0 Å². The summed E-state index contributed by atoms with van der Waals surface area (Å²) in [6.45, 7) is 7.71. The summed E-state index contributed by atoms with van der Waals surface area (Å²) in [6, 6.07) is 3.71. The van der Waals surface area contributed by atoms with Gasteiger partial charge in [-0.1, -0.05) is 13.8 Å². The van der Waals surface area contributed by atoms with Gasteiger partial charge in [0.05, 0.1) is 5.69 Å². The van der Waals surface area contributed by atoms with Crippen LogP contribution in [0.4, 0.5) is 11.8 Å². The first-order valence-electron chi connectivity index (χ1n) is 7.55. The first-order valence-corrected chi connectivity index (χ1v) is 7.55. The summed E-state index contributed by atoms with van der Waals surface area (Å²) in [4.78, 5) is 15.2. The number of hydrogen-bond acceptors (Lipinski definition) is 6. The van der Waals surface area contributed by atoms with Crippen LogP contribution < -0.4 is 11.5 Å². The molecule has 0 bridgehead atoms. The zero-order valence-electron chi connectivity index (χ0n) is 12.8. The highest BCUT2D eigenvalue weighted by atomic mass is 15.1. The fraction of sp³-hybridized carbons (Fsp3) is 0.533. The van der Waals surface area contributed by atoms with Crippen molar-refractivity contribution >= 4 is 22.8 Å². The molecule has 4 N–H and O–H groups in total. The van der Waals surface area contributed by atoms with Crippen molar-refractivity contribution < 1.29 is 0 Å². The van der Waals surface area contributed by atoms with Gasteiger partial charge >= 0.3 is 0 Å². The molecule has 0 saturated heterocycles. The molecule has 2 aromatic heterocycles. The predicted octanol–water partition coefficient (Wildman–Crippen LogP) is 1.85. The van der Waals surface area contributed by atoms with Gasteiger partial charge in [0.15, 0.2) is 5.65 Å². The third kappa shape index (κ3) is 4.01. The number of hydrogen-bond donors (Lipinski definition) is 2. The van der Waals surface area contributed by atoms with E-state index in [1.54, 1.807) is 6.07 Å². The van der Waals surface area contributed by atoms with E-state index in [9.17, 15) is 0 Å². The minimum atomic E-state index is 0.263. The summed E-state index contributed by atoms with van der Waals surface area (Å²) in [5.41, 5.74) is 13.0. The number of nitrogen functional groups attached to an aromatic ring is 2. The minimum absolute atomic E-state index is 0.263. The van der Waals surface area contributed by atoms with Crippen LogP contribution in [0.15, 0.2) is 12.1 Å². The van der Waals surface area contributed by atoms with Crippen molar-refractivity contribution in [2.24, 2.45) is 0 Å². The van der Waals surface area contributed by atoms with Gasteiger partial charge < -0.3 is 16.4 Å². The molecule has 0 fully saturated rings. The molecule has 0 amide bonds. The predicted molar refractivity (Wildman–Crippen MR) is 86.9 cm³/mol. The maximum Gasteiger partial charge on any atom is 0.222 e. The lowest BCUT2D eigenvalue weighted by atomic mass is 10.1. The SMILES string of the molecule is CCN(CC)CCCCc1nc(N)nc2nc(N)ccc12. The lowest BCUT2D eigenvalue weighted by Crippen LogP contribution is -2.24. The first kappa shape index (κ1) is 15.4. The molecule has 0 aliphatic carbocycles. The van der Waals surface area contributed by atoms with Crippen molar-refractivity contribution in [1.82, 2.24) is 19.9 Å². The summed E-state index contributed by atoms with van der Waals surface area (Å²) in [5.74, 6) is 0.715. The molecule has 6 nitrogen and oxygen atoms in total. The normalized spacial score (nSPS) is 11.4. The maximum atomic E-state index is 5.76. The molecule has 0 atom stereocenters. The molecule has 0 spiro atoms. The minimum Gasteiger partial charge on any atom is -0.384 e. The van der Waals surface area contributed by atoms with Crippen molar-refractivity contribution in [3.63, 3.8) is 0 Å². The number of anilines is 2. The number of aryl methyl sites for hydroxylation is 1. The Morgan fingerprint density at radius 1 is 1.00 bits per heavy atom. The Morgan fingerprint density at radius 3 is 2.48 bits per heavy atom. The second kappa shape index (κ2) is 7.17. The molecular weight excluding hydrogens is 264 g/mol. The standard InChI is InChI=1S/C15H24N6/c1-3-21(4-2)10-6-5-7-12-11-8-9-13(16)19-14(11)20-15(17)18-12/h8-9H,3-7,10H2,1-2H3,(H4,16,17,18,19,20). The van der Waals surface area contributed by atoms with Crippen LogP contribution >= 0.6 is 0 Å². The van der Waals surface area contributed by atoms with Gasteiger partial charge in [-0.15, -0.1) is 0 Å². The Hall–Kier alpha value is -1.95. The number of pyridine rings is 1. The second-order valence-corrected chi connectivity index (χ2v) is 5.12. The van der Waals surface area contributed by atoms with E-state index in [0.717, 1.165) is 50.0 Å². The van der Waals surface area contributed by atoms with Crippen LogP contribution in [0.2, 0.25) is 0 Å². The van der Waals surface area contributed by atoms with E-state index in [1.165, 1.54) is 0 Å². The molecule has 0 radical (unpaired) electrons. The molecule has 0 saturated carbocycles. The molecule has 0 aliphatic rings. The third-order valence-electron chi connectivity index (χ3n) is 3.71. The smallest absolute Gasteiger partial charge is 0.222 e. The van der Waals surface area contributed by atoms with Crippen LogP contribution in [-0.4, -0.2) is 39.5 Å². The Bertz CT molecular complexity index is 589. The molecule has 6 heteroatoms. The van der Waals surface area contributed by atoms with Gasteiger partial charge in [0.25, 0.3) is 0 Å². The topological polar surface area (TPSA) is 94.0 Å². The summed E-state index contributed by atoms with van der Waals surface area (Å²) >= 11 is 0. The maximum absolute atomic E-state index is 5.76. The second-order valence-electron chi connectivity index (χ2n) is 5.12. The summed E-state index contributed by atoms with van der Waals surface area (Å²) < 4.78 is 0. The number of unbranched alkanes of at least 4 members (excludes halogenated alkanes) is 1. The zero-order chi connectivity index (χ0) is 15.2. The van der Waals surface area contributed by atoms with E-state index in [4.69, 9.17) is 11.5 Å². The van der Waals surface area contributed by atoms with Crippen LogP contribution in [0.1, 0.15) is 32.4 Å². The van der Waals surface area contributed by atoms with Gasteiger partial charge in [-0.2, -0.15) is 4.98 Å². The lowest BCUT2D eigenvalue weighted by Gasteiger charge is -2.17. The van der Waals surface area contributed by atoms with Crippen molar-refractivity contribution in [2.75, 3.05) is 31.1 Å². The Kier molecular flexibility index (Phi) is 5.27. The van der Waals surface area contributed by atoms with E-state index in [2.05, 4.69) is 33.7 Å². The van der Waals surface area contributed by atoms with Crippen molar-refractivity contribution in [2.45, 2.75) is 33.1 Å². The van der Waals surface area contributed by atoms with Crippen molar-refractivity contribution in [3.05, 3.63) is 17.8 Å². The van der Waals surface area contributed by atoms with Gasteiger partial charge in [0.1, 0.15) is 5.82 Å². The zero-order valence-corrected chi connectivity index (χ0v) is 12.8. The van der Waals surface area contributed by atoms with E-state index >= 15 is 0 Å². The number of nitrogens with two attached hydrogens (primary N) is 2. The average Bonchev–Trinajstić information content (AvgIpc) is 2.46. The van der Waals surface area contributed by atoms with E-state index < -0.39 is 0 Å². The molecule has 114 valence electrons. The van der Waals surface area contributed by atoms with Crippen molar-refractivity contribution in [3.8, 4) is 0 Å². The van der Waals surface area contributed by atoms with Gasteiger partial charge in [0.2, 0.25) is 5.95 Å².